The molecule has 1 aliphatic carbocycles. The third-order valence-corrected chi connectivity index (χ3v) is 2.79. The number of unbranched alkanes of at least 4 members (excludes halogenated alkanes) is 1. The van der Waals surface area contributed by atoms with Crippen LogP contribution < -0.4 is 0 Å². The Morgan fingerprint density at radius 3 is 2.50 bits per heavy atom. The zero-order valence-electron chi connectivity index (χ0n) is 10.4. The fourth-order valence-corrected chi connectivity index (χ4v) is 1.88. The molecular formula is C11H22BO4. The molecule has 93 valence electrons. The lowest BCUT2D eigenvalue weighted by Gasteiger charge is -2.33. The fraction of sp³-hybridized carbons (Fsp3) is 1.00. The van der Waals surface area contributed by atoms with Gasteiger partial charge in [-0.05, 0) is 19.2 Å². The van der Waals surface area contributed by atoms with Crippen molar-refractivity contribution in [2.45, 2.75) is 64.0 Å². The lowest BCUT2D eigenvalue weighted by atomic mass is 9.92. The number of rotatable bonds is 8. The normalized spacial score (nSPS) is 19.6. The molecular weight excluding hydrogens is 207 g/mol. The number of hydrogen-bond acceptors (Lipinski definition) is 4. The second kappa shape index (κ2) is 8.06. The van der Waals surface area contributed by atoms with Crippen molar-refractivity contribution >= 4 is 7.48 Å². The molecule has 1 fully saturated rings. The molecule has 0 spiro atoms. The summed E-state index contributed by atoms with van der Waals surface area (Å²) < 4.78 is 0. The van der Waals surface area contributed by atoms with Crippen LogP contribution in [0.4, 0.5) is 0 Å². The van der Waals surface area contributed by atoms with Crippen molar-refractivity contribution in [2.75, 3.05) is 7.11 Å². The maximum atomic E-state index is 5.35. The average molecular weight is 229 g/mol. The van der Waals surface area contributed by atoms with Gasteiger partial charge in [-0.1, -0.05) is 26.2 Å². The van der Waals surface area contributed by atoms with Gasteiger partial charge in [-0.3, -0.25) is 0 Å². The molecule has 0 atom stereocenters. The molecule has 4 nitrogen and oxygen atoms in total. The first-order valence-corrected chi connectivity index (χ1v) is 6.21. The molecule has 1 saturated carbocycles. The predicted octanol–water partition coefficient (Wildman–Crippen LogP) is 3.01. The Balaban J connectivity index is 2.21. The minimum atomic E-state index is -0.699. The summed E-state index contributed by atoms with van der Waals surface area (Å²) in [5, 5.41) is 0. The molecule has 0 unspecified atom stereocenters. The van der Waals surface area contributed by atoms with Crippen molar-refractivity contribution in [3.63, 3.8) is 0 Å². The van der Waals surface area contributed by atoms with E-state index in [2.05, 4.69) is 6.92 Å². The van der Waals surface area contributed by atoms with Crippen LogP contribution in [0, 0.1) is 0 Å². The van der Waals surface area contributed by atoms with Crippen LogP contribution in [0.3, 0.4) is 0 Å². The molecule has 0 bridgehead atoms. The van der Waals surface area contributed by atoms with E-state index in [4.69, 9.17) is 19.5 Å². The summed E-state index contributed by atoms with van der Waals surface area (Å²) >= 11 is 0. The summed E-state index contributed by atoms with van der Waals surface area (Å²) in [6, 6.07) is 0. The van der Waals surface area contributed by atoms with E-state index in [0.717, 1.165) is 44.8 Å². The SMILES string of the molecule is CCCC[B]OOC1(OOC)CCCCC1. The lowest BCUT2D eigenvalue weighted by Crippen LogP contribution is -2.38. The van der Waals surface area contributed by atoms with Crippen molar-refractivity contribution < 1.29 is 19.5 Å². The Kier molecular flexibility index (Phi) is 7.04. The second-order valence-corrected chi connectivity index (χ2v) is 4.21. The topological polar surface area (TPSA) is 36.9 Å². The van der Waals surface area contributed by atoms with Gasteiger partial charge in [-0.25, -0.2) is 9.78 Å². The highest BCUT2D eigenvalue weighted by Crippen LogP contribution is 2.32. The minimum Gasteiger partial charge on any atom is -0.308 e. The Bertz CT molecular complexity index is 166. The van der Waals surface area contributed by atoms with E-state index in [0.29, 0.717) is 0 Å². The van der Waals surface area contributed by atoms with E-state index < -0.39 is 5.79 Å². The molecule has 5 heteroatoms. The van der Waals surface area contributed by atoms with Crippen molar-refractivity contribution in [3.8, 4) is 0 Å². The Morgan fingerprint density at radius 1 is 1.12 bits per heavy atom. The zero-order chi connectivity index (χ0) is 11.7. The quantitative estimate of drug-likeness (QED) is 0.211. The highest BCUT2D eigenvalue weighted by Gasteiger charge is 2.36. The monoisotopic (exact) mass is 229 g/mol. The molecule has 1 aliphatic rings. The first-order valence-electron chi connectivity index (χ1n) is 6.21. The van der Waals surface area contributed by atoms with Gasteiger partial charge in [0.05, 0.1) is 7.11 Å². The molecule has 0 aromatic heterocycles. The van der Waals surface area contributed by atoms with Crippen molar-refractivity contribution in [1.29, 1.82) is 0 Å². The maximum absolute atomic E-state index is 5.35. The Labute approximate surface area is 98.7 Å². The first-order chi connectivity index (χ1) is 7.83. The molecule has 1 radical (unpaired) electrons. The van der Waals surface area contributed by atoms with Crippen LogP contribution in [-0.2, 0) is 19.5 Å². The van der Waals surface area contributed by atoms with Crippen molar-refractivity contribution in [3.05, 3.63) is 0 Å². The van der Waals surface area contributed by atoms with Crippen LogP contribution in [-0.4, -0.2) is 20.4 Å². The largest absolute Gasteiger partial charge is 0.344 e. The fourth-order valence-electron chi connectivity index (χ4n) is 1.88. The molecule has 0 saturated heterocycles. The summed E-state index contributed by atoms with van der Waals surface area (Å²) in [7, 11) is 3.19. The second-order valence-electron chi connectivity index (χ2n) is 4.21. The summed E-state index contributed by atoms with van der Waals surface area (Å²) in [5.41, 5.74) is 0. The van der Waals surface area contributed by atoms with Gasteiger partial charge in [0.15, 0.2) is 0 Å². The van der Waals surface area contributed by atoms with Crippen LogP contribution in [0.2, 0.25) is 6.32 Å². The molecule has 16 heavy (non-hydrogen) atoms. The smallest absolute Gasteiger partial charge is 0.308 e. The Hall–Kier alpha value is -0.0951. The van der Waals surface area contributed by atoms with Gasteiger partial charge >= 0.3 is 7.48 Å². The van der Waals surface area contributed by atoms with E-state index in [1.165, 1.54) is 13.5 Å². The molecule has 0 aliphatic heterocycles. The molecule has 1 rings (SSSR count). The van der Waals surface area contributed by atoms with E-state index in [1.54, 1.807) is 7.48 Å². The predicted molar refractivity (Wildman–Crippen MR) is 61.5 cm³/mol. The summed E-state index contributed by atoms with van der Waals surface area (Å²) in [5.74, 6) is -0.699. The Morgan fingerprint density at radius 2 is 1.88 bits per heavy atom. The number of hydrogen-bond donors (Lipinski definition) is 0. The third-order valence-electron chi connectivity index (χ3n) is 2.79. The summed E-state index contributed by atoms with van der Waals surface area (Å²) in [6.07, 6.45) is 8.20. The van der Waals surface area contributed by atoms with Gasteiger partial charge in [0, 0.05) is 12.8 Å². The van der Waals surface area contributed by atoms with Crippen LogP contribution in [0.15, 0.2) is 0 Å². The van der Waals surface area contributed by atoms with Crippen LogP contribution in [0.25, 0.3) is 0 Å². The lowest BCUT2D eigenvalue weighted by molar-refractivity contribution is -0.487. The minimum absolute atomic E-state index is 0.699. The van der Waals surface area contributed by atoms with Crippen LogP contribution >= 0.6 is 0 Å². The van der Waals surface area contributed by atoms with E-state index in [1.807, 2.05) is 0 Å². The van der Waals surface area contributed by atoms with Crippen molar-refractivity contribution in [1.82, 2.24) is 0 Å². The van der Waals surface area contributed by atoms with Gasteiger partial charge in [-0.15, -0.1) is 0 Å². The highest BCUT2D eigenvalue weighted by atomic mass is 17.3. The van der Waals surface area contributed by atoms with E-state index >= 15 is 0 Å². The van der Waals surface area contributed by atoms with Gasteiger partial charge in [0.25, 0.3) is 0 Å². The van der Waals surface area contributed by atoms with E-state index in [-0.39, 0.29) is 0 Å². The van der Waals surface area contributed by atoms with Gasteiger partial charge in [0.2, 0.25) is 5.79 Å². The zero-order valence-corrected chi connectivity index (χ0v) is 10.4. The van der Waals surface area contributed by atoms with E-state index in [9.17, 15) is 0 Å². The summed E-state index contributed by atoms with van der Waals surface area (Å²) in [4.78, 5) is 20.4. The molecule has 0 amide bonds. The van der Waals surface area contributed by atoms with Gasteiger partial charge < -0.3 is 4.81 Å². The van der Waals surface area contributed by atoms with Crippen molar-refractivity contribution in [2.24, 2.45) is 0 Å². The maximum Gasteiger partial charge on any atom is 0.344 e. The highest BCUT2D eigenvalue weighted by molar-refractivity contribution is 6.26. The summed E-state index contributed by atoms with van der Waals surface area (Å²) in [6.45, 7) is 2.14. The molecule has 0 heterocycles. The molecule has 0 N–H and O–H groups in total. The first kappa shape index (κ1) is 14.0. The third kappa shape index (κ3) is 4.83. The van der Waals surface area contributed by atoms with Gasteiger partial charge in [0.1, 0.15) is 0 Å². The average Bonchev–Trinajstić information content (AvgIpc) is 2.30. The van der Waals surface area contributed by atoms with Gasteiger partial charge in [-0.2, -0.15) is 4.89 Å². The molecule has 0 aromatic rings. The molecule has 0 aromatic carbocycles. The van der Waals surface area contributed by atoms with Crippen LogP contribution in [0.5, 0.6) is 0 Å². The van der Waals surface area contributed by atoms with Crippen LogP contribution in [0.1, 0.15) is 51.9 Å². The standard InChI is InChI=1S/C11H22BO4/c1-3-4-10-12-16-15-11(14-13-2)8-6-5-7-9-11/h3-10H2,1-2H3.